The number of hydrogen-bond acceptors (Lipinski definition) is 6. The number of benzene rings is 1. The molecule has 32 heavy (non-hydrogen) atoms. The minimum absolute atomic E-state index is 0.0680. The number of aromatic nitrogens is 4. The Hall–Kier alpha value is -3.17. The molecule has 0 bridgehead atoms. The predicted molar refractivity (Wildman–Crippen MR) is 115 cm³/mol. The summed E-state index contributed by atoms with van der Waals surface area (Å²) in [6.07, 6.45) is 6.91. The second-order valence-electron chi connectivity index (χ2n) is 7.90. The van der Waals surface area contributed by atoms with Gasteiger partial charge in [0.1, 0.15) is 17.6 Å². The summed E-state index contributed by atoms with van der Waals surface area (Å²) in [6.45, 7) is 0.390. The number of pyridine rings is 1. The lowest BCUT2D eigenvalue weighted by molar-refractivity contribution is -0.128. The molecule has 9 heteroatoms. The Kier molecular flexibility index (Phi) is 7.18. The summed E-state index contributed by atoms with van der Waals surface area (Å²) in [7, 11) is 0. The van der Waals surface area contributed by atoms with E-state index < -0.39 is 6.10 Å². The number of halogens is 1. The van der Waals surface area contributed by atoms with Crippen LogP contribution in [-0.2, 0) is 22.5 Å². The smallest absolute Gasteiger partial charge is 0.224 e. The van der Waals surface area contributed by atoms with Gasteiger partial charge in [-0.05, 0) is 49.1 Å². The van der Waals surface area contributed by atoms with Gasteiger partial charge in [-0.3, -0.25) is 14.5 Å². The number of rotatable bonds is 8. The first kappa shape index (κ1) is 22.0. The maximum atomic E-state index is 13.9. The summed E-state index contributed by atoms with van der Waals surface area (Å²) in [5.41, 5.74) is 1.78. The van der Waals surface area contributed by atoms with E-state index in [1.165, 1.54) is 6.07 Å². The van der Waals surface area contributed by atoms with Gasteiger partial charge < -0.3 is 15.2 Å². The molecule has 3 aromatic rings. The third-order valence-corrected chi connectivity index (χ3v) is 5.62. The number of hydrogen-bond donors (Lipinski definition) is 2. The van der Waals surface area contributed by atoms with Crippen molar-refractivity contribution in [2.24, 2.45) is 0 Å². The number of nitrogens with zero attached hydrogens (tertiary/aromatic N) is 4. The van der Waals surface area contributed by atoms with Crippen molar-refractivity contribution < 1.29 is 19.0 Å². The van der Waals surface area contributed by atoms with E-state index in [-0.39, 0.29) is 36.9 Å². The van der Waals surface area contributed by atoms with Gasteiger partial charge in [0.25, 0.3) is 0 Å². The molecule has 1 amide bonds. The zero-order chi connectivity index (χ0) is 22.3. The number of carbonyl (C=O) groups is 1. The second kappa shape index (κ2) is 10.4. The van der Waals surface area contributed by atoms with Gasteiger partial charge in [0.05, 0.1) is 31.4 Å². The van der Waals surface area contributed by atoms with Gasteiger partial charge in [-0.2, -0.15) is 0 Å². The monoisotopic (exact) mass is 439 g/mol. The molecule has 168 valence electrons. The van der Waals surface area contributed by atoms with Gasteiger partial charge in [0.2, 0.25) is 5.91 Å². The first-order chi connectivity index (χ1) is 15.6. The minimum atomic E-state index is -0.458. The van der Waals surface area contributed by atoms with E-state index in [1.807, 2.05) is 0 Å². The molecule has 4 rings (SSSR count). The Morgan fingerprint density at radius 1 is 1.22 bits per heavy atom. The van der Waals surface area contributed by atoms with E-state index >= 15 is 0 Å². The van der Waals surface area contributed by atoms with Crippen LogP contribution >= 0.6 is 0 Å². The van der Waals surface area contributed by atoms with E-state index in [4.69, 9.17) is 4.74 Å². The van der Waals surface area contributed by atoms with Gasteiger partial charge in [-0.25, -0.2) is 4.39 Å². The molecule has 1 aliphatic rings. The fourth-order valence-electron chi connectivity index (χ4n) is 3.93. The van der Waals surface area contributed by atoms with Gasteiger partial charge in [0, 0.05) is 24.5 Å². The third-order valence-electron chi connectivity index (χ3n) is 5.62. The number of nitrogens with one attached hydrogen (secondary N) is 1. The van der Waals surface area contributed by atoms with E-state index in [0.29, 0.717) is 24.2 Å². The topological polar surface area (TPSA) is 102 Å². The number of aliphatic hydroxyl groups excluding tert-OH is 1. The normalized spacial score (nSPS) is 20.8. The molecule has 8 nitrogen and oxygen atoms in total. The summed E-state index contributed by atoms with van der Waals surface area (Å²) in [6, 6.07) is 9.83. The van der Waals surface area contributed by atoms with Gasteiger partial charge in [0.15, 0.2) is 0 Å². The van der Waals surface area contributed by atoms with E-state index in [2.05, 4.69) is 20.6 Å². The number of carbonyl (C=O) groups excluding carboxylic acids is 1. The lowest BCUT2D eigenvalue weighted by atomic mass is 9.96. The summed E-state index contributed by atoms with van der Waals surface area (Å²) in [5.74, 6) is -0.442. The van der Waals surface area contributed by atoms with Crippen LogP contribution < -0.4 is 5.32 Å². The Morgan fingerprint density at radius 3 is 2.81 bits per heavy atom. The molecule has 2 aromatic heterocycles. The molecule has 1 fully saturated rings. The van der Waals surface area contributed by atoms with E-state index in [0.717, 1.165) is 18.4 Å². The average molecular weight is 439 g/mol. The van der Waals surface area contributed by atoms with Crippen LogP contribution in [0.3, 0.4) is 0 Å². The summed E-state index contributed by atoms with van der Waals surface area (Å²) in [4.78, 5) is 16.3. The maximum Gasteiger partial charge on any atom is 0.224 e. The molecule has 1 saturated heterocycles. The molecule has 0 saturated carbocycles. The average Bonchev–Trinajstić information content (AvgIpc) is 3.28. The standard InChI is InChI=1S/C23H26FN5O3/c24-19-4-2-1-3-18(19)21-14-29(28-27-21)12-9-17-5-6-20(22(15-30)32-17)26-23(31)13-16-7-10-25-11-8-16/h1-4,7-8,10-11,14,17,20,22,30H,5-6,9,12-13,15H2,(H,26,31)/t17-,20-,22+/m1/s1. The van der Waals surface area contributed by atoms with Crippen molar-refractivity contribution in [3.63, 3.8) is 0 Å². The molecule has 0 unspecified atom stereocenters. The quantitative estimate of drug-likeness (QED) is 0.558. The molecule has 3 heterocycles. The van der Waals surface area contributed by atoms with Crippen LogP contribution in [0.15, 0.2) is 55.0 Å². The largest absolute Gasteiger partial charge is 0.394 e. The fraction of sp³-hybridized carbons (Fsp3) is 0.391. The van der Waals surface area contributed by atoms with E-state index in [9.17, 15) is 14.3 Å². The molecule has 3 atom stereocenters. The summed E-state index contributed by atoms with van der Waals surface area (Å²) < 4.78 is 21.6. The highest BCUT2D eigenvalue weighted by molar-refractivity contribution is 5.78. The molecule has 1 aromatic carbocycles. The zero-order valence-corrected chi connectivity index (χ0v) is 17.6. The van der Waals surface area contributed by atoms with Crippen molar-refractivity contribution in [3.05, 3.63) is 66.4 Å². The van der Waals surface area contributed by atoms with Gasteiger partial charge in [-0.1, -0.05) is 17.3 Å². The van der Waals surface area contributed by atoms with Crippen molar-refractivity contribution in [2.75, 3.05) is 6.61 Å². The van der Waals surface area contributed by atoms with Crippen LogP contribution in [0.1, 0.15) is 24.8 Å². The highest BCUT2D eigenvalue weighted by atomic mass is 19.1. The van der Waals surface area contributed by atoms with Crippen LogP contribution in [-0.4, -0.2) is 55.8 Å². The Balaban J connectivity index is 1.27. The zero-order valence-electron chi connectivity index (χ0n) is 17.6. The number of ether oxygens (including phenoxy) is 1. The maximum absolute atomic E-state index is 13.9. The predicted octanol–water partition coefficient (Wildman–Crippen LogP) is 2.14. The number of aliphatic hydroxyl groups is 1. The first-order valence-corrected chi connectivity index (χ1v) is 10.7. The van der Waals surface area contributed by atoms with Gasteiger partial charge in [-0.15, -0.1) is 5.10 Å². The van der Waals surface area contributed by atoms with Crippen molar-refractivity contribution >= 4 is 5.91 Å². The molecule has 1 aliphatic heterocycles. The van der Waals surface area contributed by atoms with Crippen molar-refractivity contribution in [1.82, 2.24) is 25.3 Å². The fourth-order valence-corrected chi connectivity index (χ4v) is 3.93. The number of aryl methyl sites for hydroxylation is 1. The highest BCUT2D eigenvalue weighted by Crippen LogP contribution is 2.23. The Morgan fingerprint density at radius 2 is 2.03 bits per heavy atom. The van der Waals surface area contributed by atoms with E-state index in [1.54, 1.807) is 53.6 Å². The highest BCUT2D eigenvalue weighted by Gasteiger charge is 2.31. The van der Waals surface area contributed by atoms with Crippen LogP contribution in [0.4, 0.5) is 4.39 Å². The molecular formula is C23H26FN5O3. The SMILES string of the molecule is O=C(Cc1ccncc1)N[C@@H]1CC[C@H](CCn2cc(-c3ccccc3F)nn2)O[C@H]1CO. The molecule has 0 spiro atoms. The lowest BCUT2D eigenvalue weighted by Gasteiger charge is -2.36. The third kappa shape index (κ3) is 5.54. The van der Waals surface area contributed by atoms with Crippen molar-refractivity contribution in [2.45, 2.75) is 50.5 Å². The van der Waals surface area contributed by atoms with Crippen LogP contribution in [0.2, 0.25) is 0 Å². The second-order valence-corrected chi connectivity index (χ2v) is 7.90. The summed E-state index contributed by atoms with van der Waals surface area (Å²) in [5, 5.41) is 20.9. The minimum Gasteiger partial charge on any atom is -0.394 e. The lowest BCUT2D eigenvalue weighted by Crippen LogP contribution is -2.51. The Labute approximate surface area is 185 Å². The molecule has 0 radical (unpaired) electrons. The van der Waals surface area contributed by atoms with Crippen molar-refractivity contribution in [3.8, 4) is 11.3 Å². The van der Waals surface area contributed by atoms with Crippen LogP contribution in [0.25, 0.3) is 11.3 Å². The van der Waals surface area contributed by atoms with Crippen molar-refractivity contribution in [1.29, 1.82) is 0 Å². The Bertz CT molecular complexity index is 1030. The van der Waals surface area contributed by atoms with Crippen LogP contribution in [0, 0.1) is 5.82 Å². The number of amides is 1. The van der Waals surface area contributed by atoms with Gasteiger partial charge >= 0.3 is 0 Å². The molecule has 2 N–H and O–H groups in total. The molecular weight excluding hydrogens is 413 g/mol. The van der Waals surface area contributed by atoms with Crippen LogP contribution in [0.5, 0.6) is 0 Å². The first-order valence-electron chi connectivity index (χ1n) is 10.7. The molecule has 0 aliphatic carbocycles. The summed E-state index contributed by atoms with van der Waals surface area (Å²) >= 11 is 0.